The number of carbonyl (C=O) groups is 1. The molecule has 0 heterocycles. The van der Waals surface area contributed by atoms with Gasteiger partial charge in [0, 0.05) is 18.2 Å². The van der Waals surface area contributed by atoms with Crippen molar-refractivity contribution in [3.8, 4) is 5.75 Å². The first kappa shape index (κ1) is 17.6. The fourth-order valence-corrected chi connectivity index (χ4v) is 3.19. The standard InChI is InChI=1S/C18H29N3O2/c1-21(2)16(15-11-7-8-12-17(15)23-3)13-19-18(22)20-14-9-5-4-6-10-14/h7-8,11-12,14,16H,4-6,9-10,13H2,1-3H3,(H2,19,20,22). The summed E-state index contributed by atoms with van der Waals surface area (Å²) in [5, 5.41) is 6.11. The Morgan fingerprint density at radius 1 is 1.26 bits per heavy atom. The number of hydrogen-bond donors (Lipinski definition) is 2. The van der Waals surface area contributed by atoms with Gasteiger partial charge in [-0.05, 0) is 33.0 Å². The van der Waals surface area contributed by atoms with Gasteiger partial charge in [0.05, 0.1) is 13.2 Å². The Balaban J connectivity index is 1.93. The normalized spacial score (nSPS) is 16.9. The van der Waals surface area contributed by atoms with E-state index in [1.165, 1.54) is 19.3 Å². The van der Waals surface area contributed by atoms with E-state index in [1.54, 1.807) is 7.11 Å². The van der Waals surface area contributed by atoms with Gasteiger partial charge in [-0.1, -0.05) is 37.5 Å². The second-order valence-electron chi connectivity index (χ2n) is 6.41. The lowest BCUT2D eigenvalue weighted by molar-refractivity contribution is 0.224. The number of ether oxygens (including phenoxy) is 1. The Labute approximate surface area is 139 Å². The summed E-state index contributed by atoms with van der Waals surface area (Å²) in [6, 6.07) is 8.28. The van der Waals surface area contributed by atoms with Crippen molar-refractivity contribution in [1.82, 2.24) is 15.5 Å². The Morgan fingerprint density at radius 3 is 2.61 bits per heavy atom. The van der Waals surface area contributed by atoms with Crippen molar-refractivity contribution >= 4 is 6.03 Å². The van der Waals surface area contributed by atoms with Gasteiger partial charge >= 0.3 is 6.03 Å². The Morgan fingerprint density at radius 2 is 1.96 bits per heavy atom. The third-order valence-corrected chi connectivity index (χ3v) is 4.52. The minimum atomic E-state index is -0.0707. The maximum Gasteiger partial charge on any atom is 0.315 e. The lowest BCUT2D eigenvalue weighted by Crippen LogP contribution is -2.45. The molecular weight excluding hydrogens is 290 g/mol. The van der Waals surface area contributed by atoms with Gasteiger partial charge in [0.15, 0.2) is 0 Å². The van der Waals surface area contributed by atoms with E-state index in [0.717, 1.165) is 24.2 Å². The van der Waals surface area contributed by atoms with Crippen molar-refractivity contribution < 1.29 is 9.53 Å². The first-order valence-electron chi connectivity index (χ1n) is 8.45. The highest BCUT2D eigenvalue weighted by molar-refractivity contribution is 5.74. The molecule has 1 saturated carbocycles. The summed E-state index contributed by atoms with van der Waals surface area (Å²) in [5.74, 6) is 0.848. The minimum absolute atomic E-state index is 0.0707. The average molecular weight is 319 g/mol. The number of urea groups is 1. The maximum absolute atomic E-state index is 12.2. The molecule has 2 rings (SSSR count). The highest BCUT2D eigenvalue weighted by Gasteiger charge is 2.20. The fourth-order valence-electron chi connectivity index (χ4n) is 3.19. The zero-order valence-corrected chi connectivity index (χ0v) is 14.5. The Hall–Kier alpha value is -1.75. The first-order chi connectivity index (χ1) is 11.1. The van der Waals surface area contributed by atoms with Gasteiger partial charge in [-0.2, -0.15) is 0 Å². The molecule has 1 aliphatic carbocycles. The number of carbonyl (C=O) groups excluding carboxylic acids is 1. The number of nitrogens with zero attached hydrogens (tertiary/aromatic N) is 1. The minimum Gasteiger partial charge on any atom is -0.496 e. The van der Waals surface area contributed by atoms with Crippen molar-refractivity contribution in [1.29, 1.82) is 0 Å². The average Bonchev–Trinajstić information content (AvgIpc) is 2.56. The van der Waals surface area contributed by atoms with Crippen molar-refractivity contribution in [2.45, 2.75) is 44.2 Å². The SMILES string of the molecule is COc1ccccc1C(CNC(=O)NC1CCCCC1)N(C)C. The van der Waals surface area contributed by atoms with Crippen molar-refractivity contribution in [2.24, 2.45) is 0 Å². The molecular formula is C18H29N3O2. The topological polar surface area (TPSA) is 53.6 Å². The number of likely N-dealkylation sites (N-methyl/N-ethyl adjacent to an activating group) is 1. The van der Waals surface area contributed by atoms with Crippen LogP contribution < -0.4 is 15.4 Å². The third-order valence-electron chi connectivity index (χ3n) is 4.52. The predicted octanol–water partition coefficient (Wildman–Crippen LogP) is 2.93. The van der Waals surface area contributed by atoms with Crippen LogP contribution in [-0.2, 0) is 0 Å². The molecule has 128 valence electrons. The fraction of sp³-hybridized carbons (Fsp3) is 0.611. The second-order valence-corrected chi connectivity index (χ2v) is 6.41. The molecule has 23 heavy (non-hydrogen) atoms. The van der Waals surface area contributed by atoms with Gasteiger partial charge in [0.1, 0.15) is 5.75 Å². The summed E-state index contributed by atoms with van der Waals surface area (Å²) in [7, 11) is 5.70. The largest absolute Gasteiger partial charge is 0.496 e. The van der Waals surface area contributed by atoms with Gasteiger partial charge in [-0.25, -0.2) is 4.79 Å². The smallest absolute Gasteiger partial charge is 0.315 e. The third kappa shape index (κ3) is 5.13. The van der Waals surface area contributed by atoms with Gasteiger partial charge in [-0.15, -0.1) is 0 Å². The van der Waals surface area contributed by atoms with E-state index in [4.69, 9.17) is 4.74 Å². The molecule has 5 nitrogen and oxygen atoms in total. The molecule has 2 amide bonds. The van der Waals surface area contributed by atoms with Crippen LogP contribution in [-0.4, -0.2) is 44.7 Å². The Kier molecular flexibility index (Phi) is 6.71. The molecule has 0 aliphatic heterocycles. The van der Waals surface area contributed by atoms with Crippen LogP contribution in [0.1, 0.15) is 43.7 Å². The van der Waals surface area contributed by atoms with Gasteiger partial charge < -0.3 is 20.3 Å². The van der Waals surface area contributed by atoms with E-state index in [-0.39, 0.29) is 12.1 Å². The molecule has 1 unspecified atom stereocenters. The van der Waals surface area contributed by atoms with Crippen LogP contribution in [0.25, 0.3) is 0 Å². The van der Waals surface area contributed by atoms with Crippen LogP contribution in [0.4, 0.5) is 4.79 Å². The summed E-state index contributed by atoms with van der Waals surface area (Å²) < 4.78 is 5.45. The number of benzene rings is 1. The number of hydrogen-bond acceptors (Lipinski definition) is 3. The Bertz CT molecular complexity index is 499. The van der Waals surface area contributed by atoms with Crippen LogP contribution >= 0.6 is 0 Å². The number of rotatable bonds is 6. The van der Waals surface area contributed by atoms with Crippen LogP contribution in [0.5, 0.6) is 5.75 Å². The van der Waals surface area contributed by atoms with Crippen molar-refractivity contribution in [3.05, 3.63) is 29.8 Å². The number of methoxy groups -OCH3 is 1. The molecule has 1 aliphatic rings. The molecule has 0 bridgehead atoms. The van der Waals surface area contributed by atoms with Gasteiger partial charge in [-0.3, -0.25) is 0 Å². The zero-order chi connectivity index (χ0) is 16.7. The molecule has 1 fully saturated rings. The lowest BCUT2D eigenvalue weighted by Gasteiger charge is -2.28. The van der Waals surface area contributed by atoms with Crippen molar-refractivity contribution in [3.63, 3.8) is 0 Å². The molecule has 1 aromatic rings. The molecule has 0 saturated heterocycles. The highest BCUT2D eigenvalue weighted by Crippen LogP contribution is 2.27. The van der Waals surface area contributed by atoms with Gasteiger partial charge in [0.25, 0.3) is 0 Å². The number of nitrogens with one attached hydrogen (secondary N) is 2. The predicted molar refractivity (Wildman–Crippen MR) is 92.8 cm³/mol. The van der Waals surface area contributed by atoms with Crippen LogP contribution in [0.3, 0.4) is 0 Å². The molecule has 2 N–H and O–H groups in total. The summed E-state index contributed by atoms with van der Waals surface area (Å²) in [6.45, 7) is 0.548. The summed E-state index contributed by atoms with van der Waals surface area (Å²) in [6.07, 6.45) is 5.91. The quantitative estimate of drug-likeness (QED) is 0.847. The van der Waals surface area contributed by atoms with Crippen LogP contribution in [0.2, 0.25) is 0 Å². The van der Waals surface area contributed by atoms with Crippen molar-refractivity contribution in [2.75, 3.05) is 27.7 Å². The van der Waals surface area contributed by atoms with E-state index in [9.17, 15) is 4.79 Å². The highest BCUT2D eigenvalue weighted by atomic mass is 16.5. The summed E-state index contributed by atoms with van der Waals surface area (Å²) in [4.78, 5) is 14.2. The molecule has 1 atom stereocenters. The molecule has 0 aromatic heterocycles. The molecule has 1 aromatic carbocycles. The van der Waals surface area contributed by atoms with Crippen LogP contribution in [0.15, 0.2) is 24.3 Å². The van der Waals surface area contributed by atoms with E-state index >= 15 is 0 Å². The van der Waals surface area contributed by atoms with E-state index in [1.807, 2.05) is 38.4 Å². The monoisotopic (exact) mass is 319 g/mol. The summed E-state index contributed by atoms with van der Waals surface area (Å²) >= 11 is 0. The second kappa shape index (κ2) is 8.77. The van der Waals surface area contributed by atoms with E-state index in [0.29, 0.717) is 12.6 Å². The zero-order valence-electron chi connectivity index (χ0n) is 14.5. The van der Waals surface area contributed by atoms with Crippen LogP contribution in [0, 0.1) is 0 Å². The number of para-hydroxylation sites is 1. The molecule has 0 spiro atoms. The van der Waals surface area contributed by atoms with E-state index < -0.39 is 0 Å². The number of amides is 2. The maximum atomic E-state index is 12.2. The molecule has 5 heteroatoms. The van der Waals surface area contributed by atoms with Gasteiger partial charge in [0.2, 0.25) is 0 Å². The first-order valence-corrected chi connectivity index (χ1v) is 8.45. The molecule has 0 radical (unpaired) electrons. The van der Waals surface area contributed by atoms with E-state index in [2.05, 4.69) is 15.5 Å². The lowest BCUT2D eigenvalue weighted by atomic mass is 9.96. The summed E-state index contributed by atoms with van der Waals surface area (Å²) in [5.41, 5.74) is 1.08.